The average molecular weight is 274 g/mol. The minimum atomic E-state index is 0.652. The van der Waals surface area contributed by atoms with Crippen molar-refractivity contribution in [1.29, 1.82) is 0 Å². The lowest BCUT2D eigenvalue weighted by Gasteiger charge is -2.07. The lowest BCUT2D eigenvalue weighted by molar-refractivity contribution is 0.297. The lowest BCUT2D eigenvalue weighted by atomic mass is 10.1. The molecule has 0 spiro atoms. The van der Waals surface area contributed by atoms with Crippen molar-refractivity contribution in [3.05, 3.63) is 24.4 Å². The Labute approximate surface area is 117 Å². The first-order valence-electron chi connectivity index (χ1n) is 6.87. The average Bonchev–Trinajstić information content (AvgIpc) is 2.82. The van der Waals surface area contributed by atoms with Gasteiger partial charge in [-0.3, -0.25) is 4.68 Å². The quantitative estimate of drug-likeness (QED) is 0.913. The smallest absolute Gasteiger partial charge is 0.161 e. The topological polar surface area (TPSA) is 75.2 Å². The minimum Gasteiger partial charge on any atom is -0.490 e. The molecule has 1 aromatic heterocycles. The maximum atomic E-state index is 5.69. The van der Waals surface area contributed by atoms with Gasteiger partial charge in [0, 0.05) is 18.5 Å². The second-order valence-electron chi connectivity index (χ2n) is 4.72. The summed E-state index contributed by atoms with van der Waals surface area (Å²) < 4.78 is 13.1. The molecule has 0 radical (unpaired) electrons. The van der Waals surface area contributed by atoms with Crippen LogP contribution in [0.5, 0.6) is 11.5 Å². The minimum absolute atomic E-state index is 0.652. The second kappa shape index (κ2) is 5.92. The van der Waals surface area contributed by atoms with Crippen molar-refractivity contribution in [3.8, 4) is 22.8 Å². The summed E-state index contributed by atoms with van der Waals surface area (Å²) in [7, 11) is 0. The normalized spacial score (nSPS) is 14.1. The number of hydrogen-bond acceptors (Lipinski definition) is 5. The van der Waals surface area contributed by atoms with Crippen molar-refractivity contribution < 1.29 is 9.47 Å². The van der Waals surface area contributed by atoms with Gasteiger partial charge in [-0.05, 0) is 31.2 Å². The van der Waals surface area contributed by atoms with Crippen molar-refractivity contribution in [3.63, 3.8) is 0 Å². The fourth-order valence-electron chi connectivity index (χ4n) is 2.12. The summed E-state index contributed by atoms with van der Waals surface area (Å²) in [5.74, 6) is 1.57. The number of nitrogens with zero attached hydrogens (tertiary/aromatic N) is 3. The summed E-state index contributed by atoms with van der Waals surface area (Å²) in [6.45, 7) is 2.81. The van der Waals surface area contributed by atoms with Gasteiger partial charge in [-0.15, -0.1) is 5.10 Å². The first kappa shape index (κ1) is 12.9. The zero-order valence-electron chi connectivity index (χ0n) is 11.3. The zero-order chi connectivity index (χ0) is 13.8. The molecule has 6 nitrogen and oxygen atoms in total. The standard InChI is InChI=1S/C14H18N4O2/c15-5-1-6-18-10-12(16-17-18)11-3-4-13-14(9-11)20-8-2-7-19-13/h3-4,9-10H,1-2,5-8,15H2. The summed E-state index contributed by atoms with van der Waals surface area (Å²) in [6, 6.07) is 5.86. The van der Waals surface area contributed by atoms with Gasteiger partial charge in [-0.25, -0.2) is 0 Å². The molecule has 0 atom stereocenters. The monoisotopic (exact) mass is 274 g/mol. The number of benzene rings is 1. The van der Waals surface area contributed by atoms with Crippen LogP contribution in [0.25, 0.3) is 11.3 Å². The predicted octanol–water partition coefficient (Wildman–Crippen LogP) is 1.46. The van der Waals surface area contributed by atoms with Gasteiger partial charge in [-0.2, -0.15) is 0 Å². The highest BCUT2D eigenvalue weighted by atomic mass is 16.5. The van der Waals surface area contributed by atoms with Crippen LogP contribution in [0.2, 0.25) is 0 Å². The van der Waals surface area contributed by atoms with Crippen LogP contribution >= 0.6 is 0 Å². The van der Waals surface area contributed by atoms with Gasteiger partial charge in [0.05, 0.1) is 19.4 Å². The van der Waals surface area contributed by atoms with Crippen LogP contribution in [0.1, 0.15) is 12.8 Å². The van der Waals surface area contributed by atoms with Gasteiger partial charge in [0.15, 0.2) is 11.5 Å². The lowest BCUT2D eigenvalue weighted by Crippen LogP contribution is -2.06. The van der Waals surface area contributed by atoms with E-state index >= 15 is 0 Å². The van der Waals surface area contributed by atoms with E-state index in [1.54, 1.807) is 0 Å². The highest BCUT2D eigenvalue weighted by Crippen LogP contribution is 2.33. The summed E-state index contributed by atoms with van der Waals surface area (Å²) in [4.78, 5) is 0. The van der Waals surface area contributed by atoms with E-state index in [-0.39, 0.29) is 0 Å². The third-order valence-electron chi connectivity index (χ3n) is 3.17. The van der Waals surface area contributed by atoms with Crippen LogP contribution < -0.4 is 15.2 Å². The molecular weight excluding hydrogens is 256 g/mol. The molecule has 1 aromatic carbocycles. The van der Waals surface area contributed by atoms with E-state index in [0.29, 0.717) is 19.8 Å². The largest absolute Gasteiger partial charge is 0.490 e. The predicted molar refractivity (Wildman–Crippen MR) is 74.7 cm³/mol. The molecule has 6 heteroatoms. The number of rotatable bonds is 4. The van der Waals surface area contributed by atoms with E-state index in [0.717, 1.165) is 42.1 Å². The Morgan fingerprint density at radius 3 is 2.90 bits per heavy atom. The van der Waals surface area contributed by atoms with E-state index in [2.05, 4.69) is 10.3 Å². The summed E-state index contributed by atoms with van der Waals surface area (Å²) in [5.41, 5.74) is 7.30. The van der Waals surface area contributed by atoms with Crippen molar-refractivity contribution in [2.45, 2.75) is 19.4 Å². The molecule has 0 amide bonds. The highest BCUT2D eigenvalue weighted by molar-refractivity contribution is 5.63. The van der Waals surface area contributed by atoms with Crippen molar-refractivity contribution in [2.24, 2.45) is 5.73 Å². The van der Waals surface area contributed by atoms with Gasteiger partial charge >= 0.3 is 0 Å². The fourth-order valence-corrected chi connectivity index (χ4v) is 2.12. The van der Waals surface area contributed by atoms with E-state index in [4.69, 9.17) is 15.2 Å². The van der Waals surface area contributed by atoms with Crippen LogP contribution in [-0.2, 0) is 6.54 Å². The Morgan fingerprint density at radius 2 is 2.05 bits per heavy atom. The number of nitrogens with two attached hydrogens (primary N) is 1. The highest BCUT2D eigenvalue weighted by Gasteiger charge is 2.12. The van der Waals surface area contributed by atoms with Crippen molar-refractivity contribution in [2.75, 3.05) is 19.8 Å². The van der Waals surface area contributed by atoms with E-state index in [1.807, 2.05) is 29.1 Å². The van der Waals surface area contributed by atoms with Crippen LogP contribution in [-0.4, -0.2) is 34.8 Å². The molecule has 0 saturated carbocycles. The van der Waals surface area contributed by atoms with Crippen LogP contribution in [0.15, 0.2) is 24.4 Å². The third-order valence-corrected chi connectivity index (χ3v) is 3.17. The molecule has 0 aliphatic carbocycles. The molecule has 2 aromatic rings. The number of aryl methyl sites for hydroxylation is 1. The van der Waals surface area contributed by atoms with Crippen LogP contribution in [0, 0.1) is 0 Å². The van der Waals surface area contributed by atoms with Gasteiger partial charge in [0.25, 0.3) is 0 Å². The van der Waals surface area contributed by atoms with E-state index in [1.165, 1.54) is 0 Å². The van der Waals surface area contributed by atoms with Crippen molar-refractivity contribution >= 4 is 0 Å². The Hall–Kier alpha value is -2.08. The number of hydrogen-bond donors (Lipinski definition) is 1. The van der Waals surface area contributed by atoms with E-state index in [9.17, 15) is 0 Å². The fraction of sp³-hybridized carbons (Fsp3) is 0.429. The summed E-state index contributed by atoms with van der Waals surface area (Å²) in [5, 5.41) is 8.29. The Bertz CT molecular complexity index is 582. The molecule has 0 unspecified atom stereocenters. The number of fused-ring (bicyclic) bond motifs is 1. The first-order valence-corrected chi connectivity index (χ1v) is 6.87. The zero-order valence-corrected chi connectivity index (χ0v) is 11.3. The van der Waals surface area contributed by atoms with Crippen LogP contribution in [0.4, 0.5) is 0 Å². The molecule has 0 saturated heterocycles. The molecule has 0 bridgehead atoms. The molecule has 2 heterocycles. The van der Waals surface area contributed by atoms with Gasteiger partial charge in [-0.1, -0.05) is 5.21 Å². The second-order valence-corrected chi connectivity index (χ2v) is 4.72. The Balaban J connectivity index is 1.83. The van der Waals surface area contributed by atoms with E-state index < -0.39 is 0 Å². The van der Waals surface area contributed by atoms with Gasteiger partial charge in [0.2, 0.25) is 0 Å². The summed E-state index contributed by atoms with van der Waals surface area (Å²) in [6.07, 6.45) is 3.72. The maximum absolute atomic E-state index is 5.69. The third kappa shape index (κ3) is 2.75. The Kier molecular flexibility index (Phi) is 3.83. The van der Waals surface area contributed by atoms with Crippen molar-refractivity contribution in [1.82, 2.24) is 15.0 Å². The van der Waals surface area contributed by atoms with Gasteiger partial charge in [0.1, 0.15) is 5.69 Å². The molecule has 1 aliphatic heterocycles. The SMILES string of the molecule is NCCCn1cc(-c2ccc3c(c2)OCCCO3)nn1. The van der Waals surface area contributed by atoms with Crippen LogP contribution in [0.3, 0.4) is 0 Å². The first-order chi connectivity index (χ1) is 9.86. The molecule has 2 N–H and O–H groups in total. The number of ether oxygens (including phenoxy) is 2. The molecule has 20 heavy (non-hydrogen) atoms. The Morgan fingerprint density at radius 1 is 1.20 bits per heavy atom. The molecule has 1 aliphatic rings. The molecule has 0 fully saturated rings. The molecule has 106 valence electrons. The maximum Gasteiger partial charge on any atom is 0.161 e. The van der Waals surface area contributed by atoms with Gasteiger partial charge < -0.3 is 15.2 Å². The molecule has 3 rings (SSSR count). The molecular formula is C14H18N4O2. The summed E-state index contributed by atoms with van der Waals surface area (Å²) >= 11 is 0. The number of aromatic nitrogens is 3.